The predicted molar refractivity (Wildman–Crippen MR) is 173 cm³/mol. The summed E-state index contributed by atoms with van der Waals surface area (Å²) < 4.78 is 11.5. The number of cyclic esters (lactones) is 1. The van der Waals surface area contributed by atoms with E-state index in [0.717, 1.165) is 89.9 Å². The molecule has 43 heavy (non-hydrogen) atoms. The zero-order chi connectivity index (χ0) is 31.3. The first-order valence-electron chi connectivity index (χ1n) is 18.4. The Hall–Kier alpha value is -0.730. The van der Waals surface area contributed by atoms with E-state index in [4.69, 9.17) is 9.47 Å². The Morgan fingerprint density at radius 1 is 0.674 bits per heavy atom. The maximum absolute atomic E-state index is 11.9. The number of unbranched alkanes of at least 4 members (excludes halogenated alkanes) is 13. The van der Waals surface area contributed by atoms with E-state index in [9.17, 15) is 25.2 Å². The van der Waals surface area contributed by atoms with Crippen LogP contribution in [-0.2, 0) is 14.3 Å². The van der Waals surface area contributed by atoms with Crippen LogP contribution in [0.15, 0.2) is 0 Å². The fourth-order valence-electron chi connectivity index (χ4n) is 6.95. The number of ether oxygens (including phenoxy) is 2. The van der Waals surface area contributed by atoms with Crippen LogP contribution in [-0.4, -0.2) is 69.1 Å². The SMILES string of the molecule is CCCCCCCCCCCC[C@@H](O)[C@H]1CC[C@H]([C@H](O)CCCC[C@H](O)CCCCCC[C@@H]2CC(CC(C)O)C(=O)O2)O1. The molecule has 254 valence electrons. The van der Waals surface area contributed by atoms with Crippen LogP contribution in [0.25, 0.3) is 0 Å². The number of rotatable bonds is 27. The average Bonchev–Trinajstić information content (AvgIpc) is 3.60. The Morgan fingerprint density at radius 3 is 1.70 bits per heavy atom. The highest BCUT2D eigenvalue weighted by Crippen LogP contribution is 2.30. The minimum Gasteiger partial charge on any atom is -0.462 e. The number of aliphatic hydroxyl groups excluding tert-OH is 4. The van der Waals surface area contributed by atoms with E-state index in [-0.39, 0.29) is 36.3 Å². The lowest BCUT2D eigenvalue weighted by molar-refractivity contribution is -0.145. The van der Waals surface area contributed by atoms with Crippen molar-refractivity contribution in [1.29, 1.82) is 0 Å². The number of carbonyl (C=O) groups is 1. The second kappa shape index (κ2) is 23.6. The molecule has 7 nitrogen and oxygen atoms in total. The first-order valence-corrected chi connectivity index (χ1v) is 18.4. The smallest absolute Gasteiger partial charge is 0.309 e. The highest BCUT2D eigenvalue weighted by Gasteiger charge is 2.35. The monoisotopic (exact) mass is 612 g/mol. The van der Waals surface area contributed by atoms with Crippen molar-refractivity contribution in [2.24, 2.45) is 5.92 Å². The normalized spacial score (nSPS) is 25.1. The molecule has 8 atom stereocenters. The molecular weight excluding hydrogens is 544 g/mol. The molecule has 0 aliphatic carbocycles. The topological polar surface area (TPSA) is 116 Å². The van der Waals surface area contributed by atoms with Gasteiger partial charge < -0.3 is 29.9 Å². The maximum atomic E-state index is 11.9. The van der Waals surface area contributed by atoms with Crippen LogP contribution in [0, 0.1) is 5.92 Å². The molecule has 2 heterocycles. The van der Waals surface area contributed by atoms with Gasteiger partial charge in [0.05, 0.1) is 42.5 Å². The van der Waals surface area contributed by atoms with Crippen LogP contribution >= 0.6 is 0 Å². The van der Waals surface area contributed by atoms with Crippen molar-refractivity contribution in [2.45, 2.75) is 217 Å². The Labute approximate surface area is 263 Å². The summed E-state index contributed by atoms with van der Waals surface area (Å²) in [6, 6.07) is 0. The van der Waals surface area contributed by atoms with Crippen LogP contribution in [0.1, 0.15) is 174 Å². The molecule has 0 amide bonds. The van der Waals surface area contributed by atoms with Gasteiger partial charge in [-0.2, -0.15) is 0 Å². The Morgan fingerprint density at radius 2 is 1.14 bits per heavy atom. The van der Waals surface area contributed by atoms with E-state index in [1.54, 1.807) is 6.92 Å². The minimum atomic E-state index is -0.492. The van der Waals surface area contributed by atoms with Crippen molar-refractivity contribution in [3.05, 3.63) is 0 Å². The van der Waals surface area contributed by atoms with Gasteiger partial charge in [-0.25, -0.2) is 0 Å². The number of aliphatic hydroxyl groups is 4. The Bertz CT molecular complexity index is 687. The van der Waals surface area contributed by atoms with Crippen LogP contribution in [0.3, 0.4) is 0 Å². The fourth-order valence-corrected chi connectivity index (χ4v) is 6.95. The molecular formula is C36H68O7. The molecule has 0 radical (unpaired) electrons. The Balaban J connectivity index is 1.40. The molecule has 2 rings (SSSR count). The number of hydrogen-bond acceptors (Lipinski definition) is 7. The molecule has 4 N–H and O–H groups in total. The third kappa shape index (κ3) is 17.5. The zero-order valence-corrected chi connectivity index (χ0v) is 27.8. The van der Waals surface area contributed by atoms with Gasteiger partial charge in [-0.1, -0.05) is 103 Å². The highest BCUT2D eigenvalue weighted by atomic mass is 16.6. The van der Waals surface area contributed by atoms with Crippen LogP contribution in [0.4, 0.5) is 0 Å². The van der Waals surface area contributed by atoms with Crippen molar-refractivity contribution >= 4 is 5.97 Å². The molecule has 0 aromatic heterocycles. The number of carbonyl (C=O) groups excluding carboxylic acids is 1. The summed E-state index contributed by atoms with van der Waals surface area (Å²) in [6.45, 7) is 3.97. The van der Waals surface area contributed by atoms with Crippen LogP contribution < -0.4 is 0 Å². The molecule has 2 aliphatic rings. The van der Waals surface area contributed by atoms with Gasteiger partial charge >= 0.3 is 5.97 Å². The van der Waals surface area contributed by atoms with E-state index < -0.39 is 18.3 Å². The van der Waals surface area contributed by atoms with Crippen molar-refractivity contribution in [2.75, 3.05) is 0 Å². The lowest BCUT2D eigenvalue weighted by Crippen LogP contribution is -2.31. The van der Waals surface area contributed by atoms with Crippen LogP contribution in [0.2, 0.25) is 0 Å². The third-order valence-corrected chi connectivity index (χ3v) is 9.69. The summed E-state index contributed by atoms with van der Waals surface area (Å²) in [5.74, 6) is -0.309. The van der Waals surface area contributed by atoms with Gasteiger partial charge in [0.15, 0.2) is 0 Å². The van der Waals surface area contributed by atoms with Crippen molar-refractivity contribution in [3.8, 4) is 0 Å². The van der Waals surface area contributed by atoms with Gasteiger partial charge in [-0.05, 0) is 71.1 Å². The molecule has 0 saturated carbocycles. The van der Waals surface area contributed by atoms with Gasteiger partial charge in [0.25, 0.3) is 0 Å². The van der Waals surface area contributed by atoms with E-state index in [0.29, 0.717) is 12.8 Å². The summed E-state index contributed by atoms with van der Waals surface area (Å²) >= 11 is 0. The lowest BCUT2D eigenvalue weighted by Gasteiger charge is -2.22. The summed E-state index contributed by atoms with van der Waals surface area (Å²) in [7, 11) is 0. The molecule has 2 fully saturated rings. The number of hydrogen-bond donors (Lipinski definition) is 4. The quantitative estimate of drug-likeness (QED) is 0.0560. The average molecular weight is 613 g/mol. The zero-order valence-electron chi connectivity index (χ0n) is 27.8. The van der Waals surface area contributed by atoms with Crippen molar-refractivity contribution in [3.63, 3.8) is 0 Å². The summed E-state index contributed by atoms with van der Waals surface area (Å²) in [4.78, 5) is 11.9. The molecule has 7 heteroatoms. The van der Waals surface area contributed by atoms with E-state index in [1.165, 1.54) is 57.8 Å². The first-order chi connectivity index (χ1) is 20.8. The van der Waals surface area contributed by atoms with Crippen molar-refractivity contribution < 1.29 is 34.7 Å². The predicted octanol–water partition coefficient (Wildman–Crippen LogP) is 7.53. The molecule has 0 bridgehead atoms. The minimum absolute atomic E-state index is 0.00264. The highest BCUT2D eigenvalue weighted by molar-refractivity contribution is 5.74. The summed E-state index contributed by atoms with van der Waals surface area (Å²) in [6.07, 6.45) is 23.7. The molecule has 2 unspecified atom stereocenters. The summed E-state index contributed by atoms with van der Waals surface area (Å²) in [5.41, 5.74) is 0. The van der Waals surface area contributed by atoms with Gasteiger partial charge in [-0.3, -0.25) is 4.79 Å². The van der Waals surface area contributed by atoms with Gasteiger partial charge in [0.2, 0.25) is 0 Å². The van der Waals surface area contributed by atoms with Crippen LogP contribution in [0.5, 0.6) is 0 Å². The molecule has 2 aliphatic heterocycles. The van der Waals surface area contributed by atoms with Gasteiger partial charge in [0, 0.05) is 0 Å². The molecule has 2 saturated heterocycles. The van der Waals surface area contributed by atoms with Gasteiger partial charge in [0.1, 0.15) is 6.10 Å². The lowest BCUT2D eigenvalue weighted by atomic mass is 9.96. The Kier molecular flexibility index (Phi) is 21.1. The van der Waals surface area contributed by atoms with E-state index in [2.05, 4.69) is 6.92 Å². The molecule has 0 spiro atoms. The van der Waals surface area contributed by atoms with Crippen molar-refractivity contribution in [1.82, 2.24) is 0 Å². The third-order valence-electron chi connectivity index (χ3n) is 9.69. The van der Waals surface area contributed by atoms with Gasteiger partial charge in [-0.15, -0.1) is 0 Å². The molecule has 0 aromatic carbocycles. The van der Waals surface area contributed by atoms with E-state index in [1.807, 2.05) is 0 Å². The standard InChI is InChI=1S/C36H68O7/c1-3-4-5-6-7-8-9-10-11-16-22-32(39)34-24-25-35(43-34)33(40)23-18-17-20-30(38)19-14-12-13-15-21-31-27-29(26-28(2)37)36(41)42-31/h28-35,37-40H,3-27H2,1-2H3/t28?,29?,30-,31-,32-,33-,34-,35-/m1/s1. The number of esters is 1. The molecule has 0 aromatic rings. The largest absolute Gasteiger partial charge is 0.462 e. The fraction of sp³-hybridized carbons (Fsp3) is 0.972. The first kappa shape index (κ1) is 38.5. The maximum Gasteiger partial charge on any atom is 0.309 e. The summed E-state index contributed by atoms with van der Waals surface area (Å²) in [5, 5.41) is 41.1. The van der Waals surface area contributed by atoms with E-state index >= 15 is 0 Å². The second-order valence-corrected chi connectivity index (χ2v) is 13.9. The second-order valence-electron chi connectivity index (χ2n) is 13.9.